The van der Waals surface area contributed by atoms with Crippen molar-refractivity contribution in [2.24, 2.45) is 5.92 Å². The number of carbonyl (C=O) groups excluding carboxylic acids is 2. The third kappa shape index (κ3) is 3.73. The van der Waals surface area contributed by atoms with Gasteiger partial charge in [0.1, 0.15) is 0 Å². The monoisotopic (exact) mass is 458 g/mol. The molecule has 1 fully saturated rings. The Bertz CT molecular complexity index is 1260. The smallest absolute Gasteiger partial charge is 0.229 e. The predicted octanol–water partition coefficient (Wildman–Crippen LogP) is 4.28. The molecule has 34 heavy (non-hydrogen) atoms. The highest BCUT2D eigenvalue weighted by molar-refractivity contribution is 6.04. The summed E-state index contributed by atoms with van der Waals surface area (Å²) < 4.78 is 16.2. The normalized spacial score (nSPS) is 16.1. The van der Waals surface area contributed by atoms with Crippen LogP contribution in [0.1, 0.15) is 17.5 Å². The zero-order valence-electron chi connectivity index (χ0n) is 19.4. The van der Waals surface area contributed by atoms with Crippen LogP contribution < -0.4 is 24.4 Å². The first kappa shape index (κ1) is 21.8. The number of benzene rings is 3. The van der Waals surface area contributed by atoms with Gasteiger partial charge in [-0.2, -0.15) is 0 Å². The molecule has 0 radical (unpaired) electrons. The van der Waals surface area contributed by atoms with Crippen LogP contribution in [-0.4, -0.2) is 39.7 Å². The Morgan fingerprint density at radius 2 is 1.62 bits per heavy atom. The highest BCUT2D eigenvalue weighted by atomic mass is 16.5. The summed E-state index contributed by atoms with van der Waals surface area (Å²) in [4.78, 5) is 27.4. The van der Waals surface area contributed by atoms with Crippen molar-refractivity contribution in [3.8, 4) is 28.4 Å². The van der Waals surface area contributed by atoms with Gasteiger partial charge in [-0.3, -0.25) is 9.59 Å². The van der Waals surface area contributed by atoms with E-state index in [1.165, 1.54) is 43.6 Å². The number of hydrogen-bond donors (Lipinski definition) is 1. The average molecular weight is 459 g/mol. The van der Waals surface area contributed by atoms with Crippen LogP contribution in [0.3, 0.4) is 0 Å². The van der Waals surface area contributed by atoms with E-state index in [1.54, 1.807) is 17.0 Å². The Hall–Kier alpha value is -4.00. The van der Waals surface area contributed by atoms with Crippen LogP contribution in [0.5, 0.6) is 17.2 Å². The van der Waals surface area contributed by atoms with E-state index in [-0.39, 0.29) is 24.8 Å². The number of fused-ring (bicyclic) bond motifs is 3. The SMILES string of the molecule is COc1cc(N2CC(C(=O)Nc3ccc4c(c3)Cc3ccccc3-4)CC2=O)cc(OC)c1OC. The summed E-state index contributed by atoms with van der Waals surface area (Å²) in [6, 6.07) is 17.8. The van der Waals surface area contributed by atoms with Crippen molar-refractivity contribution in [1.29, 1.82) is 0 Å². The maximum Gasteiger partial charge on any atom is 0.229 e. The standard InChI is InChI=1S/C27H26N2O5/c1-32-23-13-20(14-24(33-2)26(23)34-3)29-15-18(12-25(29)30)27(31)28-19-8-9-22-17(11-19)10-16-6-4-5-7-21(16)22/h4-9,11,13-14,18H,10,12,15H2,1-3H3,(H,28,31). The molecule has 0 saturated carbocycles. The molecule has 1 aliphatic heterocycles. The Morgan fingerprint density at radius 3 is 2.32 bits per heavy atom. The zero-order valence-corrected chi connectivity index (χ0v) is 19.4. The van der Waals surface area contributed by atoms with E-state index in [0.717, 1.165) is 12.1 Å². The summed E-state index contributed by atoms with van der Waals surface area (Å²) >= 11 is 0. The number of methoxy groups -OCH3 is 3. The number of hydrogen-bond acceptors (Lipinski definition) is 5. The maximum absolute atomic E-state index is 13.0. The lowest BCUT2D eigenvalue weighted by molar-refractivity contribution is -0.122. The highest BCUT2D eigenvalue weighted by Crippen LogP contribution is 2.42. The second-order valence-electron chi connectivity index (χ2n) is 8.48. The van der Waals surface area contributed by atoms with Crippen molar-refractivity contribution in [2.45, 2.75) is 12.8 Å². The second-order valence-corrected chi connectivity index (χ2v) is 8.48. The molecule has 3 aromatic rings. The molecule has 0 aromatic heterocycles. The lowest BCUT2D eigenvalue weighted by Gasteiger charge is -2.20. The molecule has 174 valence electrons. The number of rotatable bonds is 6. The van der Waals surface area contributed by atoms with Crippen LogP contribution >= 0.6 is 0 Å². The molecule has 7 nitrogen and oxygen atoms in total. The minimum absolute atomic E-state index is 0.126. The van der Waals surface area contributed by atoms with Gasteiger partial charge in [0.05, 0.1) is 32.9 Å². The van der Waals surface area contributed by atoms with Crippen LogP contribution in [0.4, 0.5) is 11.4 Å². The Morgan fingerprint density at radius 1 is 0.912 bits per heavy atom. The van der Waals surface area contributed by atoms with Crippen molar-refractivity contribution in [3.63, 3.8) is 0 Å². The van der Waals surface area contributed by atoms with E-state index in [1.807, 2.05) is 24.3 Å². The Kier molecular flexibility index (Phi) is 5.61. The van der Waals surface area contributed by atoms with Gasteiger partial charge < -0.3 is 24.4 Å². The highest BCUT2D eigenvalue weighted by Gasteiger charge is 2.36. The van der Waals surface area contributed by atoms with Crippen molar-refractivity contribution in [2.75, 3.05) is 38.1 Å². The Balaban J connectivity index is 1.32. The number of anilines is 2. The van der Waals surface area contributed by atoms with Gasteiger partial charge in [-0.05, 0) is 40.8 Å². The lowest BCUT2D eigenvalue weighted by atomic mass is 10.0. The summed E-state index contributed by atoms with van der Waals surface area (Å²) in [5.74, 6) is 0.608. The van der Waals surface area contributed by atoms with Crippen LogP contribution in [0.25, 0.3) is 11.1 Å². The molecular formula is C27H26N2O5. The number of nitrogens with one attached hydrogen (secondary N) is 1. The topological polar surface area (TPSA) is 77.1 Å². The van der Waals surface area contributed by atoms with Gasteiger partial charge in [-0.25, -0.2) is 0 Å². The van der Waals surface area contributed by atoms with Crippen molar-refractivity contribution >= 4 is 23.2 Å². The second kappa shape index (κ2) is 8.74. The van der Waals surface area contributed by atoms with E-state index in [2.05, 4.69) is 23.5 Å². The molecule has 1 N–H and O–H groups in total. The first-order valence-corrected chi connectivity index (χ1v) is 11.1. The van der Waals surface area contributed by atoms with E-state index in [4.69, 9.17) is 14.2 Å². The summed E-state index contributed by atoms with van der Waals surface area (Å²) in [7, 11) is 4.58. The Labute approximate surface area is 198 Å². The first-order valence-electron chi connectivity index (χ1n) is 11.1. The fourth-order valence-electron chi connectivity index (χ4n) is 4.82. The molecule has 1 aliphatic carbocycles. The molecule has 0 bridgehead atoms. The number of nitrogens with zero attached hydrogens (tertiary/aromatic N) is 1. The molecular weight excluding hydrogens is 432 g/mol. The van der Waals surface area contributed by atoms with Crippen LogP contribution in [-0.2, 0) is 16.0 Å². The minimum Gasteiger partial charge on any atom is -0.493 e. The quantitative estimate of drug-likeness (QED) is 0.467. The van der Waals surface area contributed by atoms with E-state index < -0.39 is 5.92 Å². The minimum atomic E-state index is -0.461. The summed E-state index contributed by atoms with van der Waals surface area (Å²) in [5, 5.41) is 3.01. The fourth-order valence-corrected chi connectivity index (χ4v) is 4.82. The van der Waals surface area contributed by atoms with Crippen molar-refractivity contribution < 1.29 is 23.8 Å². The molecule has 0 spiro atoms. The third-order valence-corrected chi connectivity index (χ3v) is 6.52. The molecule has 7 heteroatoms. The fraction of sp³-hybridized carbons (Fsp3) is 0.259. The van der Waals surface area contributed by atoms with Gasteiger partial charge in [0.25, 0.3) is 0 Å². The van der Waals surface area contributed by atoms with Crippen molar-refractivity contribution in [1.82, 2.24) is 0 Å². The van der Waals surface area contributed by atoms with E-state index in [9.17, 15) is 9.59 Å². The van der Waals surface area contributed by atoms with Gasteiger partial charge in [0, 0.05) is 30.8 Å². The summed E-state index contributed by atoms with van der Waals surface area (Å²) in [5.41, 5.74) is 6.29. The lowest BCUT2D eigenvalue weighted by Crippen LogP contribution is -2.28. The molecule has 2 aliphatic rings. The zero-order chi connectivity index (χ0) is 23.8. The molecule has 1 heterocycles. The molecule has 1 saturated heterocycles. The number of amides is 2. The average Bonchev–Trinajstić information content (AvgIpc) is 3.43. The maximum atomic E-state index is 13.0. The van der Waals surface area contributed by atoms with Gasteiger partial charge in [0.15, 0.2) is 11.5 Å². The molecule has 1 unspecified atom stereocenters. The predicted molar refractivity (Wildman–Crippen MR) is 130 cm³/mol. The van der Waals surface area contributed by atoms with Gasteiger partial charge in [-0.1, -0.05) is 30.3 Å². The largest absolute Gasteiger partial charge is 0.493 e. The van der Waals surface area contributed by atoms with E-state index >= 15 is 0 Å². The third-order valence-electron chi connectivity index (χ3n) is 6.52. The van der Waals surface area contributed by atoms with E-state index in [0.29, 0.717) is 22.9 Å². The van der Waals surface area contributed by atoms with Crippen LogP contribution in [0.15, 0.2) is 54.6 Å². The van der Waals surface area contributed by atoms with Crippen LogP contribution in [0, 0.1) is 5.92 Å². The molecule has 1 atom stereocenters. The molecule has 3 aromatic carbocycles. The summed E-state index contributed by atoms with van der Waals surface area (Å²) in [6.07, 6.45) is 0.991. The van der Waals surface area contributed by atoms with Crippen molar-refractivity contribution in [3.05, 3.63) is 65.7 Å². The van der Waals surface area contributed by atoms with Gasteiger partial charge in [0.2, 0.25) is 17.6 Å². The number of ether oxygens (including phenoxy) is 3. The van der Waals surface area contributed by atoms with Gasteiger partial charge >= 0.3 is 0 Å². The summed E-state index contributed by atoms with van der Waals surface area (Å²) in [6.45, 7) is 0.277. The van der Waals surface area contributed by atoms with Gasteiger partial charge in [-0.15, -0.1) is 0 Å². The number of carbonyl (C=O) groups is 2. The molecule has 5 rings (SSSR count). The molecule has 2 amide bonds. The first-order chi connectivity index (χ1) is 16.5. The van der Waals surface area contributed by atoms with Crippen LogP contribution in [0.2, 0.25) is 0 Å².